The van der Waals surface area contributed by atoms with Crippen molar-refractivity contribution in [3.05, 3.63) is 121 Å². The fraction of sp³-hybridized carbons (Fsp3) is 0.446. The van der Waals surface area contributed by atoms with Crippen LogP contribution in [0.1, 0.15) is 130 Å². The van der Waals surface area contributed by atoms with Crippen molar-refractivity contribution < 1.29 is 100 Å². The maximum Gasteiger partial charge on any atom is 0.308 e. The minimum Gasteiger partial charge on any atom is -0.481 e. The van der Waals surface area contributed by atoms with E-state index in [1.807, 2.05) is 0 Å². The molecule has 1 unspecified atom stereocenters. The number of carboxylic acids is 1. The summed E-state index contributed by atoms with van der Waals surface area (Å²) < 4.78 is 26.3. The summed E-state index contributed by atoms with van der Waals surface area (Å²) in [5, 5.41) is 45.8. The molecule has 3 aromatic heterocycles. The first-order chi connectivity index (χ1) is 55.4. The van der Waals surface area contributed by atoms with Gasteiger partial charge in [-0.15, -0.1) is 0 Å². The van der Waals surface area contributed by atoms with E-state index in [-0.39, 0.29) is 112 Å². The third-order valence-electron chi connectivity index (χ3n) is 19.9. The number of carboxylic acid groups (broad SMARTS) is 1. The Morgan fingerprint density at radius 2 is 0.784 bits per heavy atom. The highest BCUT2D eigenvalue weighted by Gasteiger charge is 2.49. The summed E-state index contributed by atoms with van der Waals surface area (Å²) in [5.41, 5.74) is 0.990. The van der Waals surface area contributed by atoms with Gasteiger partial charge in [0.1, 0.15) is 30.2 Å². The van der Waals surface area contributed by atoms with E-state index < -0.39 is 156 Å². The number of aliphatic carboxylic acids is 1. The van der Waals surface area contributed by atoms with Crippen molar-refractivity contribution in [3.8, 4) is 34.0 Å². The number of likely N-dealkylation sites (N-methyl/N-ethyl adjacent to an activating group) is 3. The Morgan fingerprint density at radius 3 is 1.12 bits per heavy atom. The predicted octanol–water partition coefficient (Wildman–Crippen LogP) is 5.75. The van der Waals surface area contributed by atoms with Crippen molar-refractivity contribution in [2.45, 2.75) is 157 Å². The molecule has 0 spiro atoms. The second kappa shape index (κ2) is 39.7. The van der Waals surface area contributed by atoms with Crippen molar-refractivity contribution >= 4 is 152 Å². The fourth-order valence-electron chi connectivity index (χ4n) is 14.0. The molecule has 3 aromatic carbocycles. The van der Waals surface area contributed by atoms with Crippen LogP contribution < -0.4 is 31.9 Å². The number of benzene rings is 3. The van der Waals surface area contributed by atoms with Gasteiger partial charge in [0, 0.05) is 38.9 Å². The molecule has 9 amide bonds. The molecule has 0 saturated carbocycles. The molecule has 0 radical (unpaired) electrons. The van der Waals surface area contributed by atoms with Crippen LogP contribution in [-0.4, -0.2) is 247 Å². The average molecular weight is 1730 g/mol. The molecule has 36 nitrogen and oxygen atoms in total. The first-order valence-electron chi connectivity index (χ1n) is 36.6. The van der Waals surface area contributed by atoms with Crippen LogP contribution in [0.4, 0.5) is 0 Å². The number of aromatic nitrogens is 3. The highest BCUT2D eigenvalue weighted by atomic mass is 35.5. The minimum absolute atomic E-state index is 0.0825. The molecule has 42 heteroatoms. The SMILES string of the molecule is CN[C@H]1CCC(=O)N2CCC[C@@H](C(=O)N[C@@H](CC(=O)O)C(=O)c3ncc(-c4c(Cl)cccc4Cl)o3)N2C1=O.CN[C@H]1CCC(=O)N2CCC[C@@H](C(=O)N[C@@H](CC(=O)OC)C(=O)c3ncc(-c4c(Cl)cccc4Cl)o3)N2C1=O.CN[C@H]1CCC(=O)N2CCC[C@@H](C(=O)N[C@@H](CC(=O)OC)C(O)c3ncc(-c4c(Cl)cccc4Cl)o3)N2C1=O. The van der Waals surface area contributed by atoms with Crippen molar-refractivity contribution in [2.24, 2.45) is 0 Å². The van der Waals surface area contributed by atoms with Gasteiger partial charge in [0.15, 0.2) is 23.4 Å². The third kappa shape index (κ3) is 20.1. The average Bonchev–Trinajstić information content (AvgIpc) is 1.52. The van der Waals surface area contributed by atoms with Crippen LogP contribution in [-0.2, 0) is 67.0 Å². The molecule has 8 N–H and O–H groups in total. The van der Waals surface area contributed by atoms with Gasteiger partial charge >= 0.3 is 17.9 Å². The number of aliphatic hydroxyl groups is 1. The number of Topliss-reactive ketones (excluding diaryl/α,β-unsaturated/α-hetero) is 2. The Kier molecular flexibility index (Phi) is 30.2. The van der Waals surface area contributed by atoms with E-state index in [1.54, 1.807) is 75.7 Å². The van der Waals surface area contributed by atoms with Crippen molar-refractivity contribution in [3.63, 3.8) is 0 Å². The van der Waals surface area contributed by atoms with Gasteiger partial charge in [-0.25, -0.2) is 30.0 Å². The van der Waals surface area contributed by atoms with Crippen LogP contribution in [0.3, 0.4) is 0 Å². The number of ketones is 2. The van der Waals surface area contributed by atoms with E-state index in [4.69, 9.17) is 92.3 Å². The van der Waals surface area contributed by atoms with Gasteiger partial charge in [-0.05, 0) is 115 Å². The van der Waals surface area contributed by atoms with Gasteiger partial charge in [0.05, 0.1) is 123 Å². The van der Waals surface area contributed by atoms with Gasteiger partial charge in [-0.3, -0.25) is 82.2 Å². The largest absolute Gasteiger partial charge is 0.481 e. The van der Waals surface area contributed by atoms with Gasteiger partial charge in [0.2, 0.25) is 52.9 Å². The number of halogens is 6. The number of fused-ring (bicyclic) bond motifs is 3. The number of esters is 2. The maximum atomic E-state index is 13.5. The number of nitrogens with one attached hydrogen (secondary N) is 6. The Labute approximate surface area is 692 Å². The molecule has 6 aliphatic rings. The van der Waals surface area contributed by atoms with E-state index >= 15 is 0 Å². The number of rotatable bonds is 24. The number of oxazole rings is 3. The quantitative estimate of drug-likeness (QED) is 0.0264. The molecule has 6 saturated heterocycles. The van der Waals surface area contributed by atoms with Crippen LogP contribution in [0.5, 0.6) is 0 Å². The summed E-state index contributed by atoms with van der Waals surface area (Å²) in [6.45, 7) is 0.869. The lowest BCUT2D eigenvalue weighted by Crippen LogP contribution is -2.64. The molecule has 10 atom stereocenters. The van der Waals surface area contributed by atoms with E-state index in [9.17, 15) is 77.3 Å². The summed E-state index contributed by atoms with van der Waals surface area (Å²) >= 11 is 37.3. The monoisotopic (exact) mass is 1730 g/mol. The molecule has 6 aliphatic heterocycles. The van der Waals surface area contributed by atoms with Crippen molar-refractivity contribution in [1.29, 1.82) is 0 Å². The van der Waals surface area contributed by atoms with Gasteiger partial charge < -0.3 is 64.8 Å². The van der Waals surface area contributed by atoms with Gasteiger partial charge in [-0.1, -0.05) is 87.8 Å². The topological polar surface area (TPSA) is 468 Å². The van der Waals surface area contributed by atoms with E-state index in [0.29, 0.717) is 71.9 Å². The number of hydrogen-bond donors (Lipinski definition) is 8. The molecule has 0 aliphatic carbocycles. The van der Waals surface area contributed by atoms with Crippen molar-refractivity contribution in [1.82, 2.24) is 76.9 Å². The fourth-order valence-corrected chi connectivity index (χ4v) is 15.8. The maximum absolute atomic E-state index is 13.5. The number of ether oxygens (including phenoxy) is 2. The summed E-state index contributed by atoms with van der Waals surface area (Å²) in [4.78, 5) is 193. The lowest BCUT2D eigenvalue weighted by atomic mass is 10.0. The molecule has 12 rings (SSSR count). The normalized spacial score (nSPS) is 20.6. The van der Waals surface area contributed by atoms with E-state index in [1.165, 1.54) is 45.7 Å². The zero-order valence-electron chi connectivity index (χ0n) is 62.9. The first-order valence-corrected chi connectivity index (χ1v) is 38.9. The van der Waals surface area contributed by atoms with Crippen LogP contribution >= 0.6 is 69.6 Å². The van der Waals surface area contributed by atoms with Crippen LogP contribution in [0, 0.1) is 0 Å². The number of aliphatic hydroxyl groups excluding tert-OH is 1. The van der Waals surface area contributed by atoms with Gasteiger partial charge in [-0.2, -0.15) is 0 Å². The van der Waals surface area contributed by atoms with E-state index in [2.05, 4.69) is 46.9 Å². The molecule has 9 heterocycles. The Morgan fingerprint density at radius 1 is 0.466 bits per heavy atom. The zero-order valence-corrected chi connectivity index (χ0v) is 67.4. The number of carbonyl (C=O) groups is 14. The van der Waals surface area contributed by atoms with Crippen LogP contribution in [0.15, 0.2) is 86.4 Å². The Hall–Kier alpha value is -10.2. The zero-order chi connectivity index (χ0) is 84.1. The summed E-state index contributed by atoms with van der Waals surface area (Å²) in [7, 11) is 7.13. The molecule has 116 heavy (non-hydrogen) atoms. The smallest absolute Gasteiger partial charge is 0.308 e. The molecular weight excluding hydrogens is 1650 g/mol. The highest BCUT2D eigenvalue weighted by molar-refractivity contribution is 6.40. The molecular formula is C74H81Cl6N15O21. The van der Waals surface area contributed by atoms with Gasteiger partial charge in [0.25, 0.3) is 29.5 Å². The lowest BCUT2D eigenvalue weighted by molar-refractivity contribution is -0.176. The molecule has 6 fully saturated rings. The lowest BCUT2D eigenvalue weighted by Gasteiger charge is -2.43. The Balaban J connectivity index is 0.000000184. The number of amides is 9. The van der Waals surface area contributed by atoms with Crippen LogP contribution in [0.25, 0.3) is 34.0 Å². The summed E-state index contributed by atoms with van der Waals surface area (Å²) in [5.74, 6) is -9.41. The summed E-state index contributed by atoms with van der Waals surface area (Å²) in [6, 6.07) is 5.11. The second-order valence-electron chi connectivity index (χ2n) is 27.2. The standard InChI is InChI=1S/C25H29Cl2N5O7.C25H27Cl2N5O7.C24H25Cl2N5O7/c2*1-28-15-8-9-19(33)31-10-4-7-17(32(31)25(15)37)23(36)30-16(11-20(34)38-2)22(35)24-29-12-18(39-24)21-13(26)5-3-6-14(21)27;1-27-14-7-8-18(32)30-9-3-6-16(31(30)24(14)37)22(36)29-15(10-19(33)34)21(35)23-28-11-17(38-23)20-12(25)4-2-5-13(20)26/h3,5-6,12,15-17,22,28,35H,4,7-11H2,1-2H3,(H,30,36);3,5-6,12,15-17,28H,4,7-11H2,1-2H3,(H,30,36);2,4-5,11,14-16,27H,3,6-10H2,1H3,(H,29,36)(H,33,34)/t15-,16-,17-,22?;15-,16-,17-;14-,15-,16-/m000/s1. The second-order valence-corrected chi connectivity index (χ2v) is 29.6. The number of carbonyl (C=O) groups excluding carboxylic acids is 13. The van der Waals surface area contributed by atoms with Crippen molar-refractivity contribution in [2.75, 3.05) is 55.0 Å². The minimum atomic E-state index is -1.57. The number of hydrogen-bond acceptors (Lipinski definition) is 26. The molecule has 620 valence electrons. The number of nitrogens with zero attached hydrogens (tertiary/aromatic N) is 9. The highest BCUT2D eigenvalue weighted by Crippen LogP contribution is 2.40. The molecule has 0 bridgehead atoms. The predicted molar refractivity (Wildman–Crippen MR) is 412 cm³/mol. The number of methoxy groups -OCH3 is 2. The molecule has 6 aromatic rings. The first kappa shape index (κ1) is 88.2. The Bertz CT molecular complexity index is 4690. The number of hydrazine groups is 3. The van der Waals surface area contributed by atoms with E-state index in [0.717, 1.165) is 17.1 Å². The summed E-state index contributed by atoms with van der Waals surface area (Å²) in [6.07, 6.45) is 3.99. The van der Waals surface area contributed by atoms with Crippen LogP contribution in [0.2, 0.25) is 30.1 Å². The third-order valence-corrected chi connectivity index (χ3v) is 21.8.